The number of fused-ring (bicyclic) bond motifs is 1. The van der Waals surface area contributed by atoms with Gasteiger partial charge in [-0.2, -0.15) is 0 Å². The van der Waals surface area contributed by atoms with E-state index in [2.05, 4.69) is 28.8 Å². The van der Waals surface area contributed by atoms with Crippen LogP contribution in [0.4, 0.5) is 0 Å². The molecule has 23 heavy (non-hydrogen) atoms. The molecule has 3 rings (SSSR count). The molecule has 4 nitrogen and oxygen atoms in total. The minimum atomic E-state index is -0.909. The fraction of sp³-hybridized carbons (Fsp3) is 0.278. The van der Waals surface area contributed by atoms with E-state index < -0.39 is 10.8 Å². The number of rotatable bonds is 5. The molecule has 0 radical (unpaired) electrons. The van der Waals surface area contributed by atoms with Crippen LogP contribution in [0.5, 0.6) is 0 Å². The molecule has 1 aliphatic heterocycles. The fourth-order valence-electron chi connectivity index (χ4n) is 2.78. The molecule has 1 heterocycles. The van der Waals surface area contributed by atoms with E-state index in [1.54, 1.807) is 12.3 Å². The molecular formula is C18H20N2O2S. The summed E-state index contributed by atoms with van der Waals surface area (Å²) >= 11 is 0. The highest BCUT2D eigenvalue weighted by atomic mass is 32.2. The monoisotopic (exact) mass is 328 g/mol. The first-order valence-electron chi connectivity index (χ1n) is 7.60. The topological polar surface area (TPSA) is 58.2 Å². The number of hydrogen-bond donors (Lipinski definition) is 2. The molecule has 2 aromatic rings. The average Bonchev–Trinajstić information content (AvgIpc) is 3.00. The van der Waals surface area contributed by atoms with Gasteiger partial charge in [-0.25, -0.2) is 0 Å². The van der Waals surface area contributed by atoms with E-state index in [1.165, 1.54) is 11.1 Å². The maximum atomic E-state index is 12.3. The molecule has 0 fully saturated rings. The summed E-state index contributed by atoms with van der Waals surface area (Å²) in [6.45, 7) is 2.33. The summed E-state index contributed by atoms with van der Waals surface area (Å²) in [5, 5.41) is 6.27. The van der Waals surface area contributed by atoms with Gasteiger partial charge in [-0.1, -0.05) is 30.3 Å². The van der Waals surface area contributed by atoms with Crippen molar-refractivity contribution >= 4 is 16.7 Å². The van der Waals surface area contributed by atoms with Crippen LogP contribution in [-0.2, 0) is 36.2 Å². The van der Waals surface area contributed by atoms with Gasteiger partial charge in [-0.05, 0) is 34.4 Å². The fourth-order valence-corrected chi connectivity index (χ4v) is 3.43. The van der Waals surface area contributed by atoms with E-state index in [1.807, 2.05) is 18.2 Å². The number of carbonyl (C=O) groups is 1. The zero-order chi connectivity index (χ0) is 16.2. The third-order valence-electron chi connectivity index (χ3n) is 3.91. The Morgan fingerprint density at radius 3 is 2.78 bits per heavy atom. The maximum absolute atomic E-state index is 12.3. The molecule has 0 aromatic heterocycles. The van der Waals surface area contributed by atoms with Gasteiger partial charge in [0.05, 0.1) is 0 Å². The second-order valence-electron chi connectivity index (χ2n) is 5.81. The van der Waals surface area contributed by atoms with Gasteiger partial charge in [-0.3, -0.25) is 9.00 Å². The Balaban J connectivity index is 1.64. The van der Waals surface area contributed by atoms with Crippen LogP contribution in [0, 0.1) is 0 Å². The van der Waals surface area contributed by atoms with Crippen molar-refractivity contribution in [1.29, 1.82) is 0 Å². The predicted molar refractivity (Wildman–Crippen MR) is 92.4 cm³/mol. The highest BCUT2D eigenvalue weighted by molar-refractivity contribution is 7.83. The van der Waals surface area contributed by atoms with E-state index in [9.17, 15) is 9.00 Å². The summed E-state index contributed by atoms with van der Waals surface area (Å²) in [5.74, 6) is 0.367. The van der Waals surface area contributed by atoms with Crippen LogP contribution >= 0.6 is 0 Å². The quantitative estimate of drug-likeness (QED) is 0.884. The van der Waals surface area contributed by atoms with Gasteiger partial charge in [0.15, 0.2) is 0 Å². The maximum Gasteiger partial charge on any atom is 0.251 e. The molecule has 120 valence electrons. The van der Waals surface area contributed by atoms with Crippen molar-refractivity contribution < 1.29 is 9.00 Å². The van der Waals surface area contributed by atoms with E-state index in [0.717, 1.165) is 24.2 Å². The summed E-state index contributed by atoms with van der Waals surface area (Å²) in [5.41, 5.74) is 5.27. The van der Waals surface area contributed by atoms with Crippen molar-refractivity contribution in [2.24, 2.45) is 0 Å². The van der Waals surface area contributed by atoms with Crippen LogP contribution in [0.25, 0.3) is 0 Å². The minimum absolute atomic E-state index is 0.104. The van der Waals surface area contributed by atoms with Crippen LogP contribution in [0.1, 0.15) is 32.6 Å². The lowest BCUT2D eigenvalue weighted by molar-refractivity contribution is 0.0951. The van der Waals surface area contributed by atoms with Crippen molar-refractivity contribution in [1.82, 2.24) is 10.6 Å². The highest BCUT2D eigenvalue weighted by Gasteiger charge is 2.11. The molecule has 0 saturated heterocycles. The molecule has 0 saturated carbocycles. The molecule has 0 spiro atoms. The Bertz CT molecular complexity index is 758. The summed E-state index contributed by atoms with van der Waals surface area (Å²) < 4.78 is 11.3. The van der Waals surface area contributed by atoms with Crippen molar-refractivity contribution in [2.45, 2.75) is 25.4 Å². The molecule has 1 aliphatic rings. The second-order valence-corrected chi connectivity index (χ2v) is 7.24. The molecule has 2 N–H and O–H groups in total. The summed E-state index contributed by atoms with van der Waals surface area (Å²) in [4.78, 5) is 12.3. The summed E-state index contributed by atoms with van der Waals surface area (Å²) in [7, 11) is -0.909. The van der Waals surface area contributed by atoms with E-state index in [4.69, 9.17) is 0 Å². The molecule has 0 bridgehead atoms. The normalized spacial score (nSPS) is 14.3. The number of amides is 1. The number of hydrogen-bond acceptors (Lipinski definition) is 3. The van der Waals surface area contributed by atoms with Crippen LogP contribution < -0.4 is 10.6 Å². The van der Waals surface area contributed by atoms with Crippen LogP contribution in [-0.4, -0.2) is 16.4 Å². The van der Waals surface area contributed by atoms with Gasteiger partial charge in [0.1, 0.15) is 0 Å². The molecule has 1 atom stereocenters. The molecular weight excluding hydrogens is 308 g/mol. The zero-order valence-electron chi connectivity index (χ0n) is 13.1. The van der Waals surface area contributed by atoms with Crippen molar-refractivity contribution in [3.63, 3.8) is 0 Å². The summed E-state index contributed by atoms with van der Waals surface area (Å²) in [6, 6.07) is 13.6. The third-order valence-corrected chi connectivity index (χ3v) is 4.65. The van der Waals surface area contributed by atoms with Gasteiger partial charge in [0.25, 0.3) is 5.91 Å². The van der Waals surface area contributed by atoms with E-state index >= 15 is 0 Å². The van der Waals surface area contributed by atoms with E-state index in [-0.39, 0.29) is 5.91 Å². The molecule has 5 heteroatoms. The lowest BCUT2D eigenvalue weighted by atomic mass is 10.1. The Morgan fingerprint density at radius 1 is 1.13 bits per heavy atom. The number of nitrogens with one attached hydrogen (secondary N) is 2. The zero-order valence-corrected chi connectivity index (χ0v) is 13.9. The first-order valence-corrected chi connectivity index (χ1v) is 9.33. The Morgan fingerprint density at radius 2 is 1.96 bits per heavy atom. The smallest absolute Gasteiger partial charge is 0.251 e. The average molecular weight is 328 g/mol. The lowest BCUT2D eigenvalue weighted by Gasteiger charge is -2.08. The third kappa shape index (κ3) is 4.06. The summed E-state index contributed by atoms with van der Waals surface area (Å²) in [6.07, 6.45) is 1.66. The van der Waals surface area contributed by atoms with Crippen molar-refractivity contribution in [2.75, 3.05) is 6.26 Å². The Kier molecular flexibility index (Phi) is 4.88. The number of carbonyl (C=O) groups excluding carboxylic acids is 1. The van der Waals surface area contributed by atoms with Crippen LogP contribution in [0.2, 0.25) is 0 Å². The SMILES string of the molecule is CS(=O)Cc1cccc(C(=O)NCc2ccc3c(c2)CNC3)c1. The van der Waals surface area contributed by atoms with E-state index in [0.29, 0.717) is 17.9 Å². The Hall–Kier alpha value is -1.98. The molecule has 1 amide bonds. The highest BCUT2D eigenvalue weighted by Crippen LogP contribution is 2.17. The largest absolute Gasteiger partial charge is 0.348 e. The number of benzene rings is 2. The van der Waals surface area contributed by atoms with Gasteiger partial charge in [-0.15, -0.1) is 0 Å². The standard InChI is InChI=1S/C18H20N2O2S/c1-23(22)12-14-3-2-4-15(8-14)18(21)20-9-13-5-6-16-10-19-11-17(16)7-13/h2-8,19H,9-12H2,1H3,(H,20,21). The molecule has 2 aromatic carbocycles. The first-order chi connectivity index (χ1) is 11.1. The predicted octanol–water partition coefficient (Wildman–Crippen LogP) is 2.10. The minimum Gasteiger partial charge on any atom is -0.348 e. The lowest BCUT2D eigenvalue weighted by Crippen LogP contribution is -2.23. The Labute approximate surface area is 138 Å². The van der Waals surface area contributed by atoms with Gasteiger partial charge >= 0.3 is 0 Å². The molecule has 0 aliphatic carbocycles. The van der Waals surface area contributed by atoms with Crippen LogP contribution in [0.15, 0.2) is 42.5 Å². The molecule has 1 unspecified atom stereocenters. The van der Waals surface area contributed by atoms with Crippen molar-refractivity contribution in [3.05, 3.63) is 70.3 Å². The van der Waals surface area contributed by atoms with Gasteiger partial charge in [0.2, 0.25) is 0 Å². The van der Waals surface area contributed by atoms with Gasteiger partial charge < -0.3 is 10.6 Å². The van der Waals surface area contributed by atoms with Crippen LogP contribution in [0.3, 0.4) is 0 Å². The van der Waals surface area contributed by atoms with Crippen molar-refractivity contribution in [3.8, 4) is 0 Å². The van der Waals surface area contributed by atoms with Gasteiger partial charge in [0, 0.05) is 48.0 Å². The first kappa shape index (κ1) is 15.9. The second kappa shape index (κ2) is 7.06.